The fourth-order valence-corrected chi connectivity index (χ4v) is 2.38. The van der Waals surface area contributed by atoms with Crippen LogP contribution < -0.4 is 14.2 Å². The Balaban J connectivity index is 3.36. The first-order chi connectivity index (χ1) is 15.1. The van der Waals surface area contributed by atoms with Gasteiger partial charge in [-0.25, -0.2) is 4.79 Å². The van der Waals surface area contributed by atoms with Crippen molar-refractivity contribution >= 4 is 5.97 Å². The van der Waals surface area contributed by atoms with Gasteiger partial charge in [0.25, 0.3) is 0 Å². The second-order valence-electron chi connectivity index (χ2n) is 8.39. The standard InChI is InChI=1S/C27H38O5/c1-19(2)11-15-29-24-10-9-23(27(28)32-18-14-22(7)8)25(30-16-12-20(3)4)26(24)31-17-13-21(5)6/h9-13H,7,14-18H2,1-6,8H3. The third-order valence-electron chi connectivity index (χ3n) is 4.23. The molecule has 5 nitrogen and oxygen atoms in total. The minimum Gasteiger partial charge on any atom is -0.485 e. The lowest BCUT2D eigenvalue weighted by molar-refractivity contribution is 0.0504. The smallest absolute Gasteiger partial charge is 0.342 e. The van der Waals surface area contributed by atoms with Gasteiger partial charge < -0.3 is 18.9 Å². The number of carbonyl (C=O) groups excluding carboxylic acids is 1. The van der Waals surface area contributed by atoms with Crippen LogP contribution in [0.3, 0.4) is 0 Å². The molecule has 0 saturated carbocycles. The Bertz CT molecular complexity index is 862. The van der Waals surface area contributed by atoms with E-state index in [0.29, 0.717) is 49.1 Å². The molecular weight excluding hydrogens is 404 g/mol. The third-order valence-corrected chi connectivity index (χ3v) is 4.23. The quantitative estimate of drug-likeness (QED) is 0.247. The van der Waals surface area contributed by atoms with Crippen LogP contribution in [0.15, 0.2) is 59.2 Å². The van der Waals surface area contributed by atoms with Gasteiger partial charge in [-0.1, -0.05) is 22.3 Å². The largest absolute Gasteiger partial charge is 0.485 e. The summed E-state index contributed by atoms with van der Waals surface area (Å²) in [5, 5.41) is 0. The minimum atomic E-state index is -0.471. The molecule has 1 aromatic carbocycles. The van der Waals surface area contributed by atoms with E-state index in [4.69, 9.17) is 18.9 Å². The first kappa shape index (κ1) is 27.1. The summed E-state index contributed by atoms with van der Waals surface area (Å²) in [6.45, 7) is 19.0. The Labute approximate surface area is 193 Å². The van der Waals surface area contributed by atoms with E-state index in [1.807, 2.05) is 66.7 Å². The Morgan fingerprint density at radius 3 is 1.78 bits per heavy atom. The molecule has 0 N–H and O–H groups in total. The van der Waals surface area contributed by atoms with Crippen LogP contribution in [0.5, 0.6) is 17.2 Å². The fraction of sp³-hybridized carbons (Fsp3) is 0.444. The molecule has 32 heavy (non-hydrogen) atoms. The normalized spacial score (nSPS) is 9.97. The van der Waals surface area contributed by atoms with Gasteiger partial charge in [0.2, 0.25) is 5.75 Å². The molecule has 0 atom stereocenters. The highest BCUT2D eigenvalue weighted by Crippen LogP contribution is 2.41. The molecule has 0 amide bonds. The molecule has 0 aliphatic rings. The summed E-state index contributed by atoms with van der Waals surface area (Å²) >= 11 is 0. The molecule has 0 spiro atoms. The molecule has 0 fully saturated rings. The maximum absolute atomic E-state index is 12.8. The van der Waals surface area contributed by atoms with Crippen molar-refractivity contribution < 1.29 is 23.7 Å². The lowest BCUT2D eigenvalue weighted by atomic mass is 10.1. The van der Waals surface area contributed by atoms with Crippen molar-refractivity contribution in [2.45, 2.75) is 54.9 Å². The second-order valence-corrected chi connectivity index (χ2v) is 8.39. The van der Waals surface area contributed by atoms with Crippen LogP contribution in [0.2, 0.25) is 0 Å². The number of ether oxygens (including phenoxy) is 4. The van der Waals surface area contributed by atoms with Gasteiger partial charge in [0.15, 0.2) is 11.5 Å². The number of rotatable bonds is 13. The number of allylic oxidation sites excluding steroid dienone is 3. The predicted molar refractivity (Wildman–Crippen MR) is 131 cm³/mol. The SMILES string of the molecule is C=C(C)CCOC(=O)c1ccc(OCC=C(C)C)c(OCC=C(C)C)c1OCC=C(C)C. The highest BCUT2D eigenvalue weighted by Gasteiger charge is 2.23. The summed E-state index contributed by atoms with van der Waals surface area (Å²) in [6, 6.07) is 3.38. The summed E-state index contributed by atoms with van der Waals surface area (Å²) in [5.74, 6) is 0.748. The van der Waals surface area contributed by atoms with Crippen molar-refractivity contribution in [1.82, 2.24) is 0 Å². The van der Waals surface area contributed by atoms with E-state index in [9.17, 15) is 4.79 Å². The summed E-state index contributed by atoms with van der Waals surface area (Å²) in [4.78, 5) is 12.8. The van der Waals surface area contributed by atoms with Crippen LogP contribution in [0.4, 0.5) is 0 Å². The molecule has 176 valence electrons. The average Bonchev–Trinajstić information content (AvgIpc) is 2.68. The van der Waals surface area contributed by atoms with Crippen molar-refractivity contribution in [3.63, 3.8) is 0 Å². The topological polar surface area (TPSA) is 54.0 Å². The molecule has 0 heterocycles. The van der Waals surface area contributed by atoms with E-state index < -0.39 is 5.97 Å². The zero-order chi connectivity index (χ0) is 24.1. The number of esters is 1. The van der Waals surface area contributed by atoms with Crippen molar-refractivity contribution in [2.75, 3.05) is 26.4 Å². The van der Waals surface area contributed by atoms with Crippen LogP contribution in [0.25, 0.3) is 0 Å². The zero-order valence-corrected chi connectivity index (χ0v) is 20.7. The van der Waals surface area contributed by atoms with E-state index in [1.165, 1.54) is 0 Å². The highest BCUT2D eigenvalue weighted by molar-refractivity contribution is 5.94. The second kappa shape index (κ2) is 14.2. The summed E-state index contributed by atoms with van der Waals surface area (Å²) in [6.07, 6.45) is 6.47. The van der Waals surface area contributed by atoms with Crippen molar-refractivity contribution in [2.24, 2.45) is 0 Å². The fourth-order valence-electron chi connectivity index (χ4n) is 2.38. The monoisotopic (exact) mass is 442 g/mol. The van der Waals surface area contributed by atoms with Crippen molar-refractivity contribution in [1.29, 1.82) is 0 Å². The molecule has 0 aliphatic carbocycles. The first-order valence-corrected chi connectivity index (χ1v) is 10.9. The Kier molecular flexibility index (Phi) is 12.0. The molecular formula is C27H38O5. The molecule has 0 radical (unpaired) electrons. The van der Waals surface area contributed by atoms with E-state index in [0.717, 1.165) is 22.3 Å². The van der Waals surface area contributed by atoms with Crippen molar-refractivity contribution in [3.8, 4) is 17.2 Å². The van der Waals surface area contributed by atoms with Crippen LogP contribution >= 0.6 is 0 Å². The highest BCUT2D eigenvalue weighted by atomic mass is 16.5. The number of carbonyl (C=O) groups is 1. The third kappa shape index (κ3) is 10.4. The van der Waals surface area contributed by atoms with Crippen LogP contribution in [-0.4, -0.2) is 32.4 Å². The Hall–Kier alpha value is -2.95. The lowest BCUT2D eigenvalue weighted by Crippen LogP contribution is -2.12. The Morgan fingerprint density at radius 2 is 1.28 bits per heavy atom. The molecule has 1 rings (SSSR count). The van der Waals surface area contributed by atoms with Crippen LogP contribution in [0, 0.1) is 0 Å². The van der Waals surface area contributed by atoms with E-state index in [1.54, 1.807) is 12.1 Å². The average molecular weight is 443 g/mol. The first-order valence-electron chi connectivity index (χ1n) is 10.9. The maximum Gasteiger partial charge on any atom is 0.342 e. The van der Waals surface area contributed by atoms with Gasteiger partial charge >= 0.3 is 5.97 Å². The lowest BCUT2D eigenvalue weighted by Gasteiger charge is -2.18. The van der Waals surface area contributed by atoms with Crippen molar-refractivity contribution in [3.05, 3.63) is 64.8 Å². The van der Waals surface area contributed by atoms with Crippen LogP contribution in [-0.2, 0) is 4.74 Å². The summed E-state index contributed by atoms with van der Waals surface area (Å²) in [7, 11) is 0. The van der Waals surface area contributed by atoms with Gasteiger partial charge in [-0.05, 0) is 78.8 Å². The molecule has 0 unspecified atom stereocenters. The van der Waals surface area contributed by atoms with Gasteiger partial charge in [-0.3, -0.25) is 0 Å². The zero-order valence-electron chi connectivity index (χ0n) is 20.7. The van der Waals surface area contributed by atoms with Gasteiger partial charge in [-0.2, -0.15) is 0 Å². The molecule has 0 aromatic heterocycles. The summed E-state index contributed by atoms with van der Waals surface area (Å²) in [5.41, 5.74) is 4.63. The van der Waals surface area contributed by atoms with Crippen LogP contribution in [0.1, 0.15) is 65.2 Å². The van der Waals surface area contributed by atoms with Gasteiger partial charge in [-0.15, -0.1) is 6.58 Å². The van der Waals surface area contributed by atoms with E-state index in [-0.39, 0.29) is 6.61 Å². The molecule has 0 saturated heterocycles. The van der Waals surface area contributed by atoms with Gasteiger partial charge in [0.1, 0.15) is 25.4 Å². The number of benzene rings is 1. The van der Waals surface area contributed by atoms with E-state index in [2.05, 4.69) is 6.58 Å². The minimum absolute atomic E-state index is 0.258. The molecule has 5 heteroatoms. The molecule has 0 bridgehead atoms. The predicted octanol–water partition coefficient (Wildman–Crippen LogP) is 6.84. The van der Waals surface area contributed by atoms with Gasteiger partial charge in [0.05, 0.1) is 6.61 Å². The molecule has 0 aliphatic heterocycles. The van der Waals surface area contributed by atoms with Gasteiger partial charge in [0, 0.05) is 6.42 Å². The Morgan fingerprint density at radius 1 is 0.781 bits per heavy atom. The van der Waals surface area contributed by atoms with E-state index >= 15 is 0 Å². The summed E-state index contributed by atoms with van der Waals surface area (Å²) < 4.78 is 23.4. The number of hydrogen-bond donors (Lipinski definition) is 0. The number of hydrogen-bond acceptors (Lipinski definition) is 5. The maximum atomic E-state index is 12.8. The molecule has 1 aromatic rings.